The molecule has 1 aliphatic heterocycles. The number of fused-ring (bicyclic) bond motifs is 1. The van der Waals surface area contributed by atoms with Gasteiger partial charge in [-0.05, 0) is 49.4 Å². The Balaban J connectivity index is 1.98. The molecule has 1 atom stereocenters. The molecular formula is C18H19NO. The fraction of sp³-hybridized carbons (Fsp3) is 0.278. The van der Waals surface area contributed by atoms with E-state index in [1.54, 1.807) is 0 Å². The predicted octanol–water partition coefficient (Wildman–Crippen LogP) is 3.89. The van der Waals surface area contributed by atoms with E-state index in [2.05, 4.69) is 43.4 Å². The summed E-state index contributed by atoms with van der Waals surface area (Å²) >= 11 is 0. The first-order valence-electron chi connectivity index (χ1n) is 7.03. The molecule has 2 nitrogen and oxygen atoms in total. The highest BCUT2D eigenvalue weighted by Gasteiger charge is 2.31. The lowest BCUT2D eigenvalue weighted by atomic mass is 9.90. The van der Waals surface area contributed by atoms with E-state index in [1.807, 2.05) is 19.1 Å². The molecule has 1 N–H and O–H groups in total. The van der Waals surface area contributed by atoms with Crippen molar-refractivity contribution in [2.75, 3.05) is 5.32 Å². The third-order valence-electron chi connectivity index (χ3n) is 4.17. The maximum absolute atomic E-state index is 12.3. The first-order chi connectivity index (χ1) is 9.56. The smallest absolute Gasteiger partial charge is 0.232 e. The van der Waals surface area contributed by atoms with Gasteiger partial charge in [0.25, 0.3) is 0 Å². The lowest BCUT2D eigenvalue weighted by molar-refractivity contribution is -0.117. The Kier molecular flexibility index (Phi) is 3.09. The summed E-state index contributed by atoms with van der Waals surface area (Å²) in [7, 11) is 0. The number of benzene rings is 2. The zero-order valence-electron chi connectivity index (χ0n) is 12.2. The Morgan fingerprint density at radius 2 is 1.85 bits per heavy atom. The van der Waals surface area contributed by atoms with Crippen LogP contribution < -0.4 is 5.32 Å². The summed E-state index contributed by atoms with van der Waals surface area (Å²) in [6.07, 6.45) is 0.774. The van der Waals surface area contributed by atoms with Gasteiger partial charge in [-0.15, -0.1) is 0 Å². The van der Waals surface area contributed by atoms with Crippen molar-refractivity contribution in [1.29, 1.82) is 0 Å². The average Bonchev–Trinajstić information content (AvgIpc) is 2.73. The van der Waals surface area contributed by atoms with Gasteiger partial charge in [-0.2, -0.15) is 0 Å². The van der Waals surface area contributed by atoms with E-state index in [1.165, 1.54) is 16.7 Å². The molecule has 1 heterocycles. The van der Waals surface area contributed by atoms with Crippen molar-refractivity contribution in [3.8, 4) is 0 Å². The van der Waals surface area contributed by atoms with Crippen LogP contribution in [0.4, 0.5) is 5.69 Å². The van der Waals surface area contributed by atoms with Gasteiger partial charge in [-0.1, -0.05) is 42.0 Å². The van der Waals surface area contributed by atoms with E-state index in [9.17, 15) is 4.79 Å². The van der Waals surface area contributed by atoms with Crippen LogP contribution in [0, 0.1) is 20.8 Å². The third-order valence-corrected chi connectivity index (χ3v) is 4.17. The minimum absolute atomic E-state index is 0.0644. The van der Waals surface area contributed by atoms with Gasteiger partial charge in [0.2, 0.25) is 5.91 Å². The SMILES string of the molecule is Cc1ccc(C)c(C[C@H]2C(=O)Nc3c(C)cccc32)c1. The second-order valence-electron chi connectivity index (χ2n) is 5.72. The molecular weight excluding hydrogens is 246 g/mol. The molecule has 0 radical (unpaired) electrons. The number of carbonyl (C=O) groups is 1. The summed E-state index contributed by atoms with van der Waals surface area (Å²) in [4.78, 5) is 12.3. The lowest BCUT2D eigenvalue weighted by Gasteiger charge is -2.12. The second-order valence-corrected chi connectivity index (χ2v) is 5.72. The van der Waals surface area contributed by atoms with E-state index in [0.29, 0.717) is 0 Å². The number of para-hydroxylation sites is 1. The summed E-state index contributed by atoms with van der Waals surface area (Å²) < 4.78 is 0. The van der Waals surface area contributed by atoms with Crippen LogP contribution in [0.1, 0.15) is 33.7 Å². The summed E-state index contributed by atoms with van der Waals surface area (Å²) in [6, 6.07) is 12.6. The average molecular weight is 265 g/mol. The number of hydrogen-bond acceptors (Lipinski definition) is 1. The molecule has 0 saturated carbocycles. The van der Waals surface area contributed by atoms with Crippen LogP contribution in [-0.4, -0.2) is 5.91 Å². The van der Waals surface area contributed by atoms with Gasteiger partial charge in [0, 0.05) is 5.69 Å². The summed E-state index contributed by atoms with van der Waals surface area (Å²) in [5.41, 5.74) is 7.04. The highest BCUT2D eigenvalue weighted by Crippen LogP contribution is 2.37. The molecule has 0 bridgehead atoms. The van der Waals surface area contributed by atoms with Crippen molar-refractivity contribution in [1.82, 2.24) is 0 Å². The minimum Gasteiger partial charge on any atom is -0.325 e. The standard InChI is InChI=1S/C18H19NO/c1-11-7-8-12(2)14(9-11)10-16-15-6-4-5-13(3)17(15)19-18(16)20/h4-9,16H,10H2,1-3H3,(H,19,20)/t16-/m1/s1. The van der Waals surface area contributed by atoms with E-state index < -0.39 is 0 Å². The first kappa shape index (κ1) is 12.9. The van der Waals surface area contributed by atoms with Crippen LogP contribution in [0.15, 0.2) is 36.4 Å². The van der Waals surface area contributed by atoms with Crippen LogP contribution in [-0.2, 0) is 11.2 Å². The summed E-state index contributed by atoms with van der Waals surface area (Å²) in [6.45, 7) is 6.24. The number of amides is 1. The van der Waals surface area contributed by atoms with Crippen LogP contribution in [0.3, 0.4) is 0 Å². The third kappa shape index (κ3) is 2.11. The molecule has 2 aromatic carbocycles. The van der Waals surface area contributed by atoms with Crippen LogP contribution in [0.2, 0.25) is 0 Å². The van der Waals surface area contributed by atoms with Gasteiger partial charge < -0.3 is 5.32 Å². The summed E-state index contributed by atoms with van der Waals surface area (Å²) in [5.74, 6) is 0.0561. The van der Waals surface area contributed by atoms with Crippen LogP contribution in [0.5, 0.6) is 0 Å². The molecule has 0 fully saturated rings. The Labute approximate surface area is 119 Å². The van der Waals surface area contributed by atoms with Gasteiger partial charge in [-0.3, -0.25) is 4.79 Å². The molecule has 0 spiro atoms. The monoisotopic (exact) mass is 265 g/mol. The van der Waals surface area contributed by atoms with Crippen molar-refractivity contribution < 1.29 is 4.79 Å². The topological polar surface area (TPSA) is 29.1 Å². The lowest BCUT2D eigenvalue weighted by Crippen LogP contribution is -2.14. The molecule has 1 amide bonds. The minimum atomic E-state index is -0.0644. The predicted molar refractivity (Wildman–Crippen MR) is 82.2 cm³/mol. The van der Waals surface area contributed by atoms with Crippen molar-refractivity contribution in [3.05, 3.63) is 64.2 Å². The Morgan fingerprint density at radius 3 is 2.65 bits per heavy atom. The molecule has 2 heteroatoms. The number of rotatable bonds is 2. The number of carbonyl (C=O) groups excluding carboxylic acids is 1. The zero-order chi connectivity index (χ0) is 14.3. The molecule has 102 valence electrons. The zero-order valence-corrected chi connectivity index (χ0v) is 12.2. The van der Waals surface area contributed by atoms with E-state index in [0.717, 1.165) is 23.2 Å². The quantitative estimate of drug-likeness (QED) is 0.877. The van der Waals surface area contributed by atoms with Crippen molar-refractivity contribution in [3.63, 3.8) is 0 Å². The van der Waals surface area contributed by atoms with Crippen molar-refractivity contribution in [2.24, 2.45) is 0 Å². The molecule has 1 aliphatic rings. The second kappa shape index (κ2) is 4.78. The highest BCUT2D eigenvalue weighted by molar-refractivity contribution is 6.03. The highest BCUT2D eigenvalue weighted by atomic mass is 16.2. The normalized spacial score (nSPS) is 16.9. The van der Waals surface area contributed by atoms with E-state index >= 15 is 0 Å². The molecule has 0 saturated heterocycles. The van der Waals surface area contributed by atoms with Crippen LogP contribution >= 0.6 is 0 Å². The van der Waals surface area contributed by atoms with Crippen LogP contribution in [0.25, 0.3) is 0 Å². The molecule has 20 heavy (non-hydrogen) atoms. The van der Waals surface area contributed by atoms with Gasteiger partial charge in [-0.25, -0.2) is 0 Å². The fourth-order valence-electron chi connectivity index (χ4n) is 2.95. The number of aryl methyl sites for hydroxylation is 3. The van der Waals surface area contributed by atoms with Gasteiger partial charge in [0.1, 0.15) is 0 Å². The van der Waals surface area contributed by atoms with Gasteiger partial charge in [0.05, 0.1) is 5.92 Å². The summed E-state index contributed by atoms with van der Waals surface area (Å²) in [5, 5.41) is 3.03. The molecule has 3 rings (SSSR count). The Morgan fingerprint density at radius 1 is 1.05 bits per heavy atom. The maximum Gasteiger partial charge on any atom is 0.232 e. The van der Waals surface area contributed by atoms with Gasteiger partial charge in [0.15, 0.2) is 0 Å². The first-order valence-corrected chi connectivity index (χ1v) is 7.03. The molecule has 0 aromatic heterocycles. The molecule has 0 unspecified atom stereocenters. The van der Waals surface area contributed by atoms with Crippen molar-refractivity contribution in [2.45, 2.75) is 33.1 Å². The van der Waals surface area contributed by atoms with E-state index in [-0.39, 0.29) is 11.8 Å². The number of hydrogen-bond donors (Lipinski definition) is 1. The Hall–Kier alpha value is -2.09. The molecule has 0 aliphatic carbocycles. The van der Waals surface area contributed by atoms with E-state index in [4.69, 9.17) is 0 Å². The fourth-order valence-corrected chi connectivity index (χ4v) is 2.95. The number of anilines is 1. The van der Waals surface area contributed by atoms with Gasteiger partial charge >= 0.3 is 0 Å². The van der Waals surface area contributed by atoms with Crippen molar-refractivity contribution >= 4 is 11.6 Å². The number of nitrogens with one attached hydrogen (secondary N) is 1. The Bertz CT molecular complexity index is 688. The largest absolute Gasteiger partial charge is 0.325 e. The molecule has 2 aromatic rings. The maximum atomic E-state index is 12.3.